The molecule has 4 rings (SSSR count). The molecular weight excluding hydrogens is 404 g/mol. The molecule has 2 N–H and O–H groups in total. The van der Waals surface area contributed by atoms with Gasteiger partial charge in [-0.15, -0.1) is 0 Å². The second kappa shape index (κ2) is 9.61. The summed E-state index contributed by atoms with van der Waals surface area (Å²) in [6.45, 7) is 10.1. The van der Waals surface area contributed by atoms with Crippen LogP contribution in [0.15, 0.2) is 33.3 Å². The Morgan fingerprint density at radius 1 is 1.09 bits per heavy atom. The van der Waals surface area contributed by atoms with Crippen molar-refractivity contribution in [2.24, 2.45) is 16.3 Å². The van der Waals surface area contributed by atoms with Crippen molar-refractivity contribution in [3.63, 3.8) is 0 Å². The van der Waals surface area contributed by atoms with Gasteiger partial charge in [0.15, 0.2) is 5.76 Å². The van der Waals surface area contributed by atoms with E-state index in [9.17, 15) is 9.59 Å². The molecule has 3 aliphatic rings. The summed E-state index contributed by atoms with van der Waals surface area (Å²) in [6, 6.07) is 3.71. The molecule has 2 aliphatic heterocycles. The second-order valence-electron chi connectivity index (χ2n) is 10.4. The number of rotatable bonds is 6. The molecule has 32 heavy (non-hydrogen) atoms. The quantitative estimate of drug-likeness (QED) is 0.707. The van der Waals surface area contributed by atoms with Gasteiger partial charge in [0, 0.05) is 6.04 Å². The van der Waals surface area contributed by atoms with E-state index in [2.05, 4.69) is 41.3 Å². The molecule has 7 heteroatoms. The zero-order valence-electron chi connectivity index (χ0n) is 19.6. The molecule has 0 aromatic carbocycles. The fraction of sp³-hybridized carbons (Fsp3) is 0.640. The largest absolute Gasteiger partial charge is 0.455 e. The minimum atomic E-state index is -0.350. The fourth-order valence-electron chi connectivity index (χ4n) is 5.00. The number of furan rings is 1. The molecule has 1 aromatic rings. The molecule has 1 aromatic heterocycles. The van der Waals surface area contributed by atoms with E-state index in [1.165, 1.54) is 12.8 Å². The number of aliphatic imine (C=N–C) groups is 1. The first kappa shape index (κ1) is 22.8. The number of likely N-dealkylation sites (tertiary alicyclic amines) is 1. The summed E-state index contributed by atoms with van der Waals surface area (Å²) in [5.74, 6) is 1.18. The predicted octanol–water partition coefficient (Wildman–Crippen LogP) is 3.66. The van der Waals surface area contributed by atoms with Crippen molar-refractivity contribution in [3.8, 4) is 0 Å². The monoisotopic (exact) mass is 440 g/mol. The third-order valence-electron chi connectivity index (χ3n) is 7.01. The predicted molar refractivity (Wildman–Crippen MR) is 124 cm³/mol. The van der Waals surface area contributed by atoms with Crippen molar-refractivity contribution in [2.45, 2.75) is 71.9 Å². The minimum Gasteiger partial charge on any atom is -0.455 e. The van der Waals surface area contributed by atoms with E-state index < -0.39 is 0 Å². The second-order valence-corrected chi connectivity index (χ2v) is 10.4. The van der Waals surface area contributed by atoms with Gasteiger partial charge in [0.05, 0.1) is 18.8 Å². The fourth-order valence-corrected chi connectivity index (χ4v) is 5.00. The first-order valence-corrected chi connectivity index (χ1v) is 12.0. The van der Waals surface area contributed by atoms with Gasteiger partial charge < -0.3 is 15.1 Å². The van der Waals surface area contributed by atoms with E-state index in [0.29, 0.717) is 29.3 Å². The van der Waals surface area contributed by atoms with Gasteiger partial charge in [-0.3, -0.25) is 19.5 Å². The molecule has 2 amide bonds. The molecular formula is C25H36N4O3. The van der Waals surface area contributed by atoms with Crippen molar-refractivity contribution in [2.75, 3.05) is 19.6 Å². The third kappa shape index (κ3) is 5.49. The van der Waals surface area contributed by atoms with Crippen LogP contribution in [-0.4, -0.2) is 48.1 Å². The van der Waals surface area contributed by atoms with Gasteiger partial charge in [-0.1, -0.05) is 20.8 Å². The molecule has 174 valence electrons. The molecule has 1 aliphatic carbocycles. The highest BCUT2D eigenvalue weighted by Crippen LogP contribution is 2.37. The van der Waals surface area contributed by atoms with Gasteiger partial charge in [0.2, 0.25) is 0 Å². The van der Waals surface area contributed by atoms with Crippen molar-refractivity contribution < 1.29 is 14.0 Å². The normalized spacial score (nSPS) is 24.2. The van der Waals surface area contributed by atoms with Gasteiger partial charge >= 0.3 is 0 Å². The first-order chi connectivity index (χ1) is 15.3. The van der Waals surface area contributed by atoms with Crippen LogP contribution in [-0.2, 0) is 11.3 Å². The average molecular weight is 441 g/mol. The summed E-state index contributed by atoms with van der Waals surface area (Å²) in [5.41, 5.74) is 1.08. The summed E-state index contributed by atoms with van der Waals surface area (Å²) < 4.78 is 5.75. The van der Waals surface area contributed by atoms with Crippen molar-refractivity contribution >= 4 is 17.5 Å². The Kier molecular flexibility index (Phi) is 6.84. The number of amides is 2. The van der Waals surface area contributed by atoms with Gasteiger partial charge in [-0.2, -0.15) is 0 Å². The van der Waals surface area contributed by atoms with Gasteiger partial charge in [-0.25, -0.2) is 0 Å². The van der Waals surface area contributed by atoms with E-state index in [0.717, 1.165) is 51.1 Å². The molecule has 0 atom stereocenters. The highest BCUT2D eigenvalue weighted by Gasteiger charge is 2.31. The molecule has 0 unspecified atom stereocenters. The maximum Gasteiger partial charge on any atom is 0.291 e. The highest BCUT2D eigenvalue weighted by molar-refractivity contribution is 6.46. The average Bonchev–Trinajstić information content (AvgIpc) is 3.50. The summed E-state index contributed by atoms with van der Waals surface area (Å²) in [5, 5.41) is 5.95. The van der Waals surface area contributed by atoms with Crippen LogP contribution in [0.4, 0.5) is 0 Å². The van der Waals surface area contributed by atoms with E-state index >= 15 is 0 Å². The molecule has 0 radical (unpaired) electrons. The first-order valence-electron chi connectivity index (χ1n) is 12.0. The summed E-state index contributed by atoms with van der Waals surface area (Å²) in [7, 11) is 0. The van der Waals surface area contributed by atoms with E-state index in [1.54, 1.807) is 12.1 Å². The standard InChI is InChI=1S/C25H36N4O3/c1-25(2,3)17-6-8-18(9-7-17)27-24(31)22-20(12-13-26-22)28-23(30)21-11-10-19(32-21)16-29-14-4-5-15-29/h10-12,17-18H,4-9,13-16H2,1-3H3,(H,27,31)(H,28,30). The van der Waals surface area contributed by atoms with E-state index in [4.69, 9.17) is 4.42 Å². The van der Waals surface area contributed by atoms with Crippen molar-refractivity contribution in [1.29, 1.82) is 0 Å². The van der Waals surface area contributed by atoms with Crippen LogP contribution in [0.5, 0.6) is 0 Å². The smallest absolute Gasteiger partial charge is 0.291 e. The zero-order chi connectivity index (χ0) is 22.7. The SMILES string of the molecule is CC(C)(C)C1CCC(NC(=O)C2=NCC=C2NC(=O)c2ccc(CN3CCCC3)o2)CC1. The van der Waals surface area contributed by atoms with E-state index in [1.807, 2.05) is 6.07 Å². The summed E-state index contributed by atoms with van der Waals surface area (Å²) >= 11 is 0. The number of hydrogen-bond acceptors (Lipinski definition) is 5. The minimum absolute atomic E-state index is 0.166. The Hall–Kier alpha value is -2.41. The molecule has 2 fully saturated rings. The van der Waals surface area contributed by atoms with Crippen LogP contribution in [0, 0.1) is 11.3 Å². The lowest BCUT2D eigenvalue weighted by Crippen LogP contribution is -2.44. The maximum absolute atomic E-state index is 12.9. The Morgan fingerprint density at radius 3 is 2.50 bits per heavy atom. The number of carbonyl (C=O) groups excluding carboxylic acids is 2. The Labute approximate surface area is 190 Å². The summed E-state index contributed by atoms with van der Waals surface area (Å²) in [6.07, 6.45) is 8.42. The Bertz CT molecular complexity index is 895. The van der Waals surface area contributed by atoms with Crippen LogP contribution >= 0.6 is 0 Å². The van der Waals surface area contributed by atoms with Crippen molar-refractivity contribution in [1.82, 2.24) is 15.5 Å². The van der Waals surface area contributed by atoms with Gasteiger partial charge in [0.25, 0.3) is 11.8 Å². The Morgan fingerprint density at radius 2 is 1.81 bits per heavy atom. The third-order valence-corrected chi connectivity index (χ3v) is 7.01. The lowest BCUT2D eigenvalue weighted by molar-refractivity contribution is -0.115. The van der Waals surface area contributed by atoms with Crippen LogP contribution < -0.4 is 10.6 Å². The lowest BCUT2D eigenvalue weighted by Gasteiger charge is -2.37. The number of nitrogens with zero attached hydrogens (tertiary/aromatic N) is 2. The molecule has 0 bridgehead atoms. The van der Waals surface area contributed by atoms with Crippen LogP contribution in [0.2, 0.25) is 0 Å². The number of hydrogen-bond donors (Lipinski definition) is 2. The van der Waals surface area contributed by atoms with Gasteiger partial charge in [-0.05, 0) is 81.2 Å². The van der Waals surface area contributed by atoms with Crippen LogP contribution in [0.1, 0.15) is 75.6 Å². The molecule has 1 saturated heterocycles. The van der Waals surface area contributed by atoms with Crippen molar-refractivity contribution in [3.05, 3.63) is 35.4 Å². The highest BCUT2D eigenvalue weighted by atomic mass is 16.4. The topological polar surface area (TPSA) is 86.9 Å². The molecule has 3 heterocycles. The maximum atomic E-state index is 12.9. The number of nitrogens with one attached hydrogen (secondary N) is 2. The summed E-state index contributed by atoms with van der Waals surface area (Å²) in [4.78, 5) is 32.2. The van der Waals surface area contributed by atoms with Crippen LogP contribution in [0.3, 0.4) is 0 Å². The van der Waals surface area contributed by atoms with Gasteiger partial charge in [0.1, 0.15) is 11.5 Å². The molecule has 7 nitrogen and oxygen atoms in total. The molecule has 1 saturated carbocycles. The zero-order valence-corrected chi connectivity index (χ0v) is 19.6. The number of carbonyl (C=O) groups is 2. The lowest BCUT2D eigenvalue weighted by atomic mass is 9.71. The van der Waals surface area contributed by atoms with Crippen LogP contribution in [0.25, 0.3) is 0 Å². The van der Waals surface area contributed by atoms with E-state index in [-0.39, 0.29) is 23.6 Å². The molecule has 0 spiro atoms. The Balaban J connectivity index is 1.28.